The van der Waals surface area contributed by atoms with E-state index in [1.54, 1.807) is 24.3 Å². The lowest BCUT2D eigenvalue weighted by atomic mass is 10.2. The van der Waals surface area contributed by atoms with Crippen LogP contribution in [0.25, 0.3) is 0 Å². The van der Waals surface area contributed by atoms with Crippen LogP contribution in [0.1, 0.15) is 12.5 Å². The Bertz CT molecular complexity index is 575. The van der Waals surface area contributed by atoms with Gasteiger partial charge in [0.25, 0.3) is 5.91 Å². The molecular weight excluding hydrogens is 266 g/mol. The van der Waals surface area contributed by atoms with Gasteiger partial charge in [0, 0.05) is 11.6 Å². The van der Waals surface area contributed by atoms with Crippen LogP contribution in [0.5, 0.6) is 5.75 Å². The Labute approximate surface area is 114 Å². The quantitative estimate of drug-likeness (QED) is 0.853. The van der Waals surface area contributed by atoms with Gasteiger partial charge in [-0.05, 0) is 31.2 Å². The molecule has 1 aliphatic rings. The fraction of sp³-hybridized carbons (Fsp3) is 0.154. The van der Waals surface area contributed by atoms with Crippen molar-refractivity contribution in [3.8, 4) is 5.75 Å². The van der Waals surface area contributed by atoms with Crippen molar-refractivity contribution >= 4 is 28.7 Å². The van der Waals surface area contributed by atoms with Crippen molar-refractivity contribution in [2.75, 3.05) is 6.61 Å². The van der Waals surface area contributed by atoms with E-state index < -0.39 is 11.9 Å². The molecule has 0 atom stereocenters. The summed E-state index contributed by atoms with van der Waals surface area (Å²) in [6.07, 6.45) is 0.873. The van der Waals surface area contributed by atoms with Crippen molar-refractivity contribution in [1.82, 2.24) is 0 Å². The van der Waals surface area contributed by atoms with Gasteiger partial charge in [-0.1, -0.05) is 11.8 Å². The van der Waals surface area contributed by atoms with Crippen LogP contribution >= 0.6 is 11.8 Å². The van der Waals surface area contributed by atoms with E-state index in [4.69, 9.17) is 9.84 Å². The number of hydrogen-bond acceptors (Lipinski definition) is 4. The highest BCUT2D eigenvalue weighted by molar-refractivity contribution is 8.19. The maximum absolute atomic E-state index is 11.5. The zero-order valence-corrected chi connectivity index (χ0v) is 10.9. The van der Waals surface area contributed by atoms with E-state index in [-0.39, 0.29) is 4.91 Å². The maximum Gasteiger partial charge on any atom is 0.329 e. The molecule has 1 aromatic rings. The second-order valence-corrected chi connectivity index (χ2v) is 4.66. The normalized spacial score (nSPS) is 16.6. The van der Waals surface area contributed by atoms with Crippen LogP contribution in [0.15, 0.2) is 40.2 Å². The first-order valence-electron chi connectivity index (χ1n) is 5.59. The van der Waals surface area contributed by atoms with E-state index in [1.165, 1.54) is 0 Å². The zero-order valence-electron chi connectivity index (χ0n) is 10.1. The fourth-order valence-corrected chi connectivity index (χ4v) is 2.39. The molecule has 0 saturated heterocycles. The standard InChI is InChI=1S/C13H11NO4S/c1-2-18-9-5-3-8(4-6-9)13-14-12(17)10(19-13)7-11(15)16/h3-7H,2H2,1H3,(H,15,16)/b10-7+. The van der Waals surface area contributed by atoms with Crippen molar-refractivity contribution in [3.05, 3.63) is 40.8 Å². The number of benzene rings is 1. The van der Waals surface area contributed by atoms with Crippen molar-refractivity contribution < 1.29 is 19.4 Å². The Morgan fingerprint density at radius 1 is 1.42 bits per heavy atom. The summed E-state index contributed by atoms with van der Waals surface area (Å²) in [5, 5.41) is 9.14. The minimum Gasteiger partial charge on any atom is -0.494 e. The third kappa shape index (κ3) is 3.23. The number of thioether (sulfide) groups is 1. The molecule has 5 nitrogen and oxygen atoms in total. The number of nitrogens with zero attached hydrogens (tertiary/aromatic N) is 1. The Balaban J connectivity index is 2.18. The average molecular weight is 277 g/mol. The molecule has 0 aliphatic carbocycles. The number of hydrogen-bond donors (Lipinski definition) is 1. The zero-order chi connectivity index (χ0) is 13.8. The second-order valence-electron chi connectivity index (χ2n) is 3.63. The largest absolute Gasteiger partial charge is 0.494 e. The van der Waals surface area contributed by atoms with Gasteiger partial charge in [0.15, 0.2) is 0 Å². The summed E-state index contributed by atoms with van der Waals surface area (Å²) in [6.45, 7) is 2.48. The van der Waals surface area contributed by atoms with Gasteiger partial charge in [0.1, 0.15) is 10.8 Å². The molecule has 6 heteroatoms. The van der Waals surface area contributed by atoms with Gasteiger partial charge in [0.05, 0.1) is 11.5 Å². The van der Waals surface area contributed by atoms with Crippen LogP contribution < -0.4 is 4.74 Å². The molecule has 1 amide bonds. The van der Waals surface area contributed by atoms with E-state index in [1.807, 2.05) is 6.92 Å². The van der Waals surface area contributed by atoms with E-state index in [0.717, 1.165) is 29.2 Å². The lowest BCUT2D eigenvalue weighted by Crippen LogP contribution is -1.94. The Kier molecular flexibility index (Phi) is 4.01. The van der Waals surface area contributed by atoms with Gasteiger partial charge in [-0.2, -0.15) is 0 Å². The number of aliphatic carboxylic acids is 1. The van der Waals surface area contributed by atoms with Gasteiger partial charge in [0.2, 0.25) is 0 Å². The number of amides is 1. The summed E-state index contributed by atoms with van der Waals surface area (Å²) < 4.78 is 5.32. The van der Waals surface area contributed by atoms with Crippen LogP contribution in [0, 0.1) is 0 Å². The molecule has 1 aliphatic heterocycles. The first kappa shape index (κ1) is 13.4. The van der Waals surface area contributed by atoms with Crippen molar-refractivity contribution in [2.24, 2.45) is 4.99 Å². The van der Waals surface area contributed by atoms with Gasteiger partial charge in [-0.3, -0.25) is 4.79 Å². The van der Waals surface area contributed by atoms with Gasteiger partial charge < -0.3 is 9.84 Å². The molecule has 0 aromatic heterocycles. The maximum atomic E-state index is 11.5. The number of rotatable bonds is 4. The molecule has 19 heavy (non-hydrogen) atoms. The summed E-state index contributed by atoms with van der Waals surface area (Å²) in [4.78, 5) is 26.0. The summed E-state index contributed by atoms with van der Waals surface area (Å²) in [5.41, 5.74) is 0.760. The van der Waals surface area contributed by atoms with Crippen LogP contribution in [-0.2, 0) is 9.59 Å². The number of carboxylic acid groups (broad SMARTS) is 1. The highest BCUT2D eigenvalue weighted by Gasteiger charge is 2.23. The molecule has 2 rings (SSSR count). The Morgan fingerprint density at radius 2 is 2.11 bits per heavy atom. The molecule has 98 valence electrons. The molecule has 0 saturated carbocycles. The molecule has 0 fully saturated rings. The Hall–Kier alpha value is -2.08. The highest BCUT2D eigenvalue weighted by Crippen LogP contribution is 2.30. The monoisotopic (exact) mass is 277 g/mol. The topological polar surface area (TPSA) is 76.0 Å². The first-order chi connectivity index (χ1) is 9.10. The molecule has 0 unspecified atom stereocenters. The summed E-state index contributed by atoms with van der Waals surface area (Å²) >= 11 is 1.06. The van der Waals surface area contributed by atoms with Gasteiger partial charge in [-0.15, -0.1) is 0 Å². The predicted octanol–water partition coefficient (Wildman–Crippen LogP) is 2.07. The number of carboxylic acids is 1. The third-order valence-corrected chi connectivity index (χ3v) is 3.32. The lowest BCUT2D eigenvalue weighted by Gasteiger charge is -2.03. The SMILES string of the molecule is CCOc1ccc(C2=NC(=O)/C(=C\C(=O)O)S2)cc1. The van der Waals surface area contributed by atoms with Crippen molar-refractivity contribution in [2.45, 2.75) is 6.92 Å². The third-order valence-electron chi connectivity index (χ3n) is 2.29. The molecule has 1 heterocycles. The van der Waals surface area contributed by atoms with Crippen LogP contribution in [0.3, 0.4) is 0 Å². The highest BCUT2D eigenvalue weighted by atomic mass is 32.2. The van der Waals surface area contributed by atoms with E-state index >= 15 is 0 Å². The van der Waals surface area contributed by atoms with E-state index in [2.05, 4.69) is 4.99 Å². The van der Waals surface area contributed by atoms with E-state index in [0.29, 0.717) is 11.7 Å². The molecule has 0 radical (unpaired) electrons. The molecule has 0 spiro atoms. The van der Waals surface area contributed by atoms with Crippen LogP contribution in [0.2, 0.25) is 0 Å². The fourth-order valence-electron chi connectivity index (χ4n) is 1.51. The average Bonchev–Trinajstić information content (AvgIpc) is 2.71. The first-order valence-corrected chi connectivity index (χ1v) is 6.40. The number of ether oxygens (including phenoxy) is 1. The smallest absolute Gasteiger partial charge is 0.329 e. The van der Waals surface area contributed by atoms with Crippen molar-refractivity contribution in [1.29, 1.82) is 0 Å². The molecular formula is C13H11NO4S. The Morgan fingerprint density at radius 3 is 2.68 bits per heavy atom. The summed E-state index contributed by atoms with van der Waals surface area (Å²) in [5.74, 6) is -0.933. The van der Waals surface area contributed by atoms with E-state index in [9.17, 15) is 9.59 Å². The molecule has 1 aromatic carbocycles. The van der Waals surface area contributed by atoms with Gasteiger partial charge >= 0.3 is 5.97 Å². The minimum atomic E-state index is -1.15. The van der Waals surface area contributed by atoms with Gasteiger partial charge in [-0.25, -0.2) is 9.79 Å². The summed E-state index contributed by atoms with van der Waals surface area (Å²) in [7, 11) is 0. The van der Waals surface area contributed by atoms with Crippen LogP contribution in [0.4, 0.5) is 0 Å². The second kappa shape index (κ2) is 5.71. The van der Waals surface area contributed by atoms with Crippen molar-refractivity contribution in [3.63, 3.8) is 0 Å². The number of carbonyl (C=O) groups excluding carboxylic acids is 1. The molecule has 1 N–H and O–H groups in total. The number of carbonyl (C=O) groups is 2. The van der Waals surface area contributed by atoms with Crippen LogP contribution in [-0.4, -0.2) is 28.6 Å². The number of aliphatic imine (C=N–C) groups is 1. The molecule has 0 bridgehead atoms. The lowest BCUT2D eigenvalue weighted by molar-refractivity contribution is -0.131. The predicted molar refractivity (Wildman–Crippen MR) is 72.5 cm³/mol. The minimum absolute atomic E-state index is 0.122. The summed E-state index contributed by atoms with van der Waals surface area (Å²) in [6, 6.07) is 7.14.